The molecule has 13 atom stereocenters. The highest BCUT2D eigenvalue weighted by Gasteiger charge is 2.71. The van der Waals surface area contributed by atoms with Crippen LogP contribution in [0.15, 0.2) is 46.6 Å². The second kappa shape index (κ2) is 14.1. The van der Waals surface area contributed by atoms with E-state index in [1.165, 1.54) is 19.8 Å². The third-order valence-electron chi connectivity index (χ3n) is 18.8. The van der Waals surface area contributed by atoms with Gasteiger partial charge in [0.05, 0.1) is 26.2 Å². The van der Waals surface area contributed by atoms with Gasteiger partial charge in [0, 0.05) is 67.9 Å². The number of fused-ring (bicyclic) bond motifs is 12. The minimum atomic E-state index is -0.475. The Kier molecular flexibility index (Phi) is 9.74. The summed E-state index contributed by atoms with van der Waals surface area (Å²) in [5.74, 6) is -0.127. The molecule has 0 radical (unpaired) electrons. The topological polar surface area (TPSA) is 149 Å². The van der Waals surface area contributed by atoms with Crippen molar-refractivity contribution in [1.29, 1.82) is 0 Å². The van der Waals surface area contributed by atoms with E-state index < -0.39 is 11.2 Å². The maximum atomic E-state index is 13.0. The van der Waals surface area contributed by atoms with Gasteiger partial charge in [0.25, 0.3) is 0 Å². The number of hydrogen-bond donors (Lipinski definition) is 0. The first-order valence-corrected chi connectivity index (χ1v) is 22.5. The van der Waals surface area contributed by atoms with Crippen molar-refractivity contribution in [2.45, 2.75) is 141 Å². The smallest absolute Gasteiger partial charge is 0.334 e. The summed E-state index contributed by atoms with van der Waals surface area (Å²) < 4.78 is 28.6. The molecule has 4 saturated carbocycles. The molecule has 60 heavy (non-hydrogen) atoms. The maximum Gasteiger partial charge on any atom is 0.334 e. The van der Waals surface area contributed by atoms with Crippen molar-refractivity contribution in [2.75, 3.05) is 21.3 Å². The van der Waals surface area contributed by atoms with E-state index in [-0.39, 0.29) is 100 Å². The molecule has 0 N–H and O–H groups in total. The summed E-state index contributed by atoms with van der Waals surface area (Å²) in [5.41, 5.74) is 2.32. The van der Waals surface area contributed by atoms with Gasteiger partial charge < -0.3 is 23.7 Å². The first kappa shape index (κ1) is 41.5. The third kappa shape index (κ3) is 5.61. The molecule has 11 nitrogen and oxygen atoms in total. The Balaban J connectivity index is 0.000000166. The van der Waals surface area contributed by atoms with Gasteiger partial charge >= 0.3 is 23.9 Å². The van der Waals surface area contributed by atoms with Gasteiger partial charge in [-0.05, 0) is 118 Å². The molecule has 0 aromatic carbocycles. The summed E-state index contributed by atoms with van der Waals surface area (Å²) >= 11 is 0. The lowest BCUT2D eigenvalue weighted by Gasteiger charge is -2.60. The number of methoxy groups -OCH3 is 3. The maximum absolute atomic E-state index is 13.0. The van der Waals surface area contributed by atoms with E-state index in [4.69, 9.17) is 23.7 Å². The summed E-state index contributed by atoms with van der Waals surface area (Å²) in [6, 6.07) is 0. The number of carbonyl (C=O) groups excluding carboxylic acids is 6. The van der Waals surface area contributed by atoms with Gasteiger partial charge in [0.1, 0.15) is 11.2 Å². The number of allylic oxidation sites excluding steroid dienone is 7. The zero-order chi connectivity index (χ0) is 42.8. The number of esters is 4. The first-order chi connectivity index (χ1) is 28.4. The zero-order valence-corrected chi connectivity index (χ0v) is 36.4. The van der Waals surface area contributed by atoms with Crippen LogP contribution in [0.4, 0.5) is 0 Å². The zero-order valence-electron chi connectivity index (χ0n) is 36.4. The number of hydrogen-bond acceptors (Lipinski definition) is 11. The lowest BCUT2D eigenvalue weighted by molar-refractivity contribution is -0.183. The molecule has 11 heteroatoms. The van der Waals surface area contributed by atoms with Gasteiger partial charge in [-0.3, -0.25) is 24.0 Å². The standard InChI is InChI=1S/C25H32O6.C24H30O5.H2/c1-23-8-5-15(26)11-14(23)12-16(22(28)30-4)20-17-6-9-25(10-7-19(27)31-25)24(17,2)13-18(29-3)21(20)23;1-22-8-4-15(25)12-14(22)13-16(21(27)28-3)20-17(22)5-9-23(2)18(20)6-10-24(23)11-7-19(26)29-24;/h11-12,17-18,20-21H,5-10,13H2,1-4H3;5,12,16,18,20H,4,6-11,13H2,1-3H3;1H/t17?,18-,20?,21?,23+,24+,25?;16-,18?,20?,22+,23+,24?;/m11./s1/i;;1+1. The van der Waals surface area contributed by atoms with Crippen LogP contribution in [0, 0.1) is 57.2 Å². The highest BCUT2D eigenvalue weighted by Crippen LogP contribution is 2.71. The van der Waals surface area contributed by atoms with Crippen LogP contribution in [0.3, 0.4) is 0 Å². The molecule has 10 rings (SSSR count). The summed E-state index contributed by atoms with van der Waals surface area (Å²) in [6.07, 6.45) is 18.6. The molecule has 10 aliphatic rings. The summed E-state index contributed by atoms with van der Waals surface area (Å²) in [7, 11) is 4.61. The van der Waals surface area contributed by atoms with E-state index in [1.54, 1.807) is 19.3 Å². The fraction of sp³-hybridized carbons (Fsp3) is 0.714. The van der Waals surface area contributed by atoms with Crippen molar-refractivity contribution in [3.05, 3.63) is 46.6 Å². The highest BCUT2D eigenvalue weighted by atomic mass is 16.6. The van der Waals surface area contributed by atoms with Crippen molar-refractivity contribution < 1.29 is 53.9 Å². The molecule has 2 heterocycles. The van der Waals surface area contributed by atoms with Crippen LogP contribution in [-0.4, -0.2) is 74.1 Å². The average molecular weight is 830 g/mol. The van der Waals surface area contributed by atoms with E-state index >= 15 is 0 Å². The monoisotopic (exact) mass is 829 g/mol. The Morgan fingerprint density at radius 2 is 1.33 bits per heavy atom. The van der Waals surface area contributed by atoms with Gasteiger partial charge in [-0.15, -0.1) is 0 Å². The van der Waals surface area contributed by atoms with Gasteiger partial charge in [-0.1, -0.05) is 44.9 Å². The number of rotatable bonds is 3. The normalized spacial score (nSPS) is 45.8. The Bertz CT molecular complexity index is 2080. The van der Waals surface area contributed by atoms with Crippen LogP contribution >= 0.6 is 0 Å². The van der Waals surface area contributed by atoms with E-state index in [9.17, 15) is 28.8 Å². The summed E-state index contributed by atoms with van der Waals surface area (Å²) in [6.45, 7) is 8.98. The highest BCUT2D eigenvalue weighted by molar-refractivity contribution is 5.95. The molecule has 0 bridgehead atoms. The molecule has 2 saturated heterocycles. The van der Waals surface area contributed by atoms with Crippen molar-refractivity contribution in [3.8, 4) is 0 Å². The van der Waals surface area contributed by atoms with Crippen LogP contribution in [-0.2, 0) is 52.5 Å². The van der Waals surface area contributed by atoms with Gasteiger partial charge in [0.15, 0.2) is 11.6 Å². The predicted molar refractivity (Wildman–Crippen MR) is 220 cm³/mol. The minimum absolute atomic E-state index is 0. The molecular weight excluding hydrogens is 765 g/mol. The Labute approximate surface area is 354 Å². The van der Waals surface area contributed by atoms with Crippen LogP contribution < -0.4 is 0 Å². The van der Waals surface area contributed by atoms with Crippen molar-refractivity contribution in [2.24, 2.45) is 57.2 Å². The fourth-order valence-electron chi connectivity index (χ4n) is 15.5. The molecular formula is C49H64O11. The molecule has 2 aliphatic heterocycles. The Morgan fingerprint density at radius 1 is 0.717 bits per heavy atom. The Hall–Kier alpha value is -3.86. The SMILES string of the molecule is COC(=O)C1=CC2=CC(=O)CC[C@]2(C)C2C1C1CCC3(CCC(=O)O3)[C@@]1(C)C[C@H]2OC.COC(=O)[C@@H]1CC2=CC(=O)CC[C@]2(C)C2=CC[C@@]3(C)C(CCC34CCC(=O)O4)C21.[2HH]. The second-order valence-corrected chi connectivity index (χ2v) is 20.9. The summed E-state index contributed by atoms with van der Waals surface area (Å²) in [5, 5.41) is 0. The van der Waals surface area contributed by atoms with Crippen LogP contribution in [0.25, 0.3) is 0 Å². The Morgan fingerprint density at radius 3 is 1.93 bits per heavy atom. The van der Waals surface area contributed by atoms with Crippen molar-refractivity contribution in [1.82, 2.24) is 0 Å². The second-order valence-electron chi connectivity index (χ2n) is 20.9. The molecule has 326 valence electrons. The first-order valence-electron chi connectivity index (χ1n) is 22.5. The molecule has 0 aromatic heterocycles. The van der Waals surface area contributed by atoms with Crippen LogP contribution in [0.5, 0.6) is 0 Å². The molecule has 7 unspecified atom stereocenters. The van der Waals surface area contributed by atoms with E-state index in [2.05, 4.69) is 33.8 Å². The summed E-state index contributed by atoms with van der Waals surface area (Å²) in [4.78, 5) is 74.5. The minimum Gasteiger partial charge on any atom is -0.469 e. The van der Waals surface area contributed by atoms with Crippen LogP contribution in [0.1, 0.15) is 125 Å². The molecule has 6 fully saturated rings. The molecule has 0 amide bonds. The van der Waals surface area contributed by atoms with Gasteiger partial charge in [0.2, 0.25) is 0 Å². The van der Waals surface area contributed by atoms with E-state index in [0.29, 0.717) is 37.7 Å². The fourth-order valence-corrected chi connectivity index (χ4v) is 15.5. The average Bonchev–Trinajstić information content (AvgIpc) is 3.97. The van der Waals surface area contributed by atoms with Crippen molar-refractivity contribution in [3.63, 3.8) is 0 Å². The quantitative estimate of drug-likeness (QED) is 0.157. The van der Waals surface area contributed by atoms with Crippen molar-refractivity contribution >= 4 is 35.4 Å². The van der Waals surface area contributed by atoms with Gasteiger partial charge in [-0.2, -0.15) is 0 Å². The third-order valence-corrected chi connectivity index (χ3v) is 18.8. The molecule has 2 spiro atoms. The lowest BCUT2D eigenvalue weighted by atomic mass is 9.45. The predicted octanol–water partition coefficient (Wildman–Crippen LogP) is 7.70. The molecule has 8 aliphatic carbocycles. The van der Waals surface area contributed by atoms with E-state index in [1.807, 2.05) is 6.08 Å². The number of carbonyl (C=O) groups is 6. The number of ether oxygens (including phenoxy) is 5. The lowest BCUT2D eigenvalue weighted by Crippen LogP contribution is -2.60. The van der Waals surface area contributed by atoms with Crippen LogP contribution in [0.2, 0.25) is 0 Å². The largest absolute Gasteiger partial charge is 0.469 e. The number of ketones is 2. The van der Waals surface area contributed by atoms with Gasteiger partial charge in [-0.25, -0.2) is 4.79 Å². The molecule has 0 aromatic rings. The van der Waals surface area contributed by atoms with E-state index in [0.717, 1.165) is 75.4 Å².